The zero-order valence-corrected chi connectivity index (χ0v) is 12.6. The van der Waals surface area contributed by atoms with Crippen molar-refractivity contribution in [2.24, 2.45) is 0 Å². The first-order valence-electron chi connectivity index (χ1n) is 6.95. The maximum absolute atomic E-state index is 11.6. The third-order valence-corrected chi connectivity index (χ3v) is 3.70. The van der Waals surface area contributed by atoms with Crippen LogP contribution in [0, 0.1) is 20.8 Å². The molecular formula is C18H20O3. The minimum Gasteiger partial charge on any atom is -0.479 e. The van der Waals surface area contributed by atoms with Gasteiger partial charge < -0.3 is 9.84 Å². The van der Waals surface area contributed by atoms with Gasteiger partial charge in [0, 0.05) is 0 Å². The van der Waals surface area contributed by atoms with Crippen molar-refractivity contribution < 1.29 is 14.6 Å². The van der Waals surface area contributed by atoms with Crippen LogP contribution in [0.3, 0.4) is 0 Å². The second kappa shape index (κ2) is 6.55. The number of hydrogen-bond donors (Lipinski definition) is 1. The molecule has 0 aliphatic carbocycles. The lowest BCUT2D eigenvalue weighted by Crippen LogP contribution is -2.18. The molecule has 2 rings (SSSR count). The number of hydrogen-bond acceptors (Lipinski definition) is 2. The molecule has 21 heavy (non-hydrogen) atoms. The zero-order chi connectivity index (χ0) is 15.4. The van der Waals surface area contributed by atoms with Crippen molar-refractivity contribution in [1.29, 1.82) is 0 Å². The van der Waals surface area contributed by atoms with Crippen LogP contribution in [0.15, 0.2) is 42.5 Å². The second-order valence-electron chi connectivity index (χ2n) is 5.26. The van der Waals surface area contributed by atoms with Crippen molar-refractivity contribution >= 4 is 5.97 Å². The molecule has 3 heteroatoms. The topological polar surface area (TPSA) is 46.5 Å². The van der Waals surface area contributed by atoms with Crippen molar-refractivity contribution in [2.45, 2.75) is 33.5 Å². The average Bonchev–Trinajstić information content (AvgIpc) is 2.43. The fourth-order valence-corrected chi connectivity index (χ4v) is 2.46. The molecule has 0 aliphatic heterocycles. The number of carboxylic acids is 1. The quantitative estimate of drug-likeness (QED) is 0.904. The van der Waals surface area contributed by atoms with Crippen LogP contribution in [0.1, 0.15) is 33.9 Å². The number of benzene rings is 2. The first kappa shape index (κ1) is 15.3. The lowest BCUT2D eigenvalue weighted by atomic mass is 9.98. The van der Waals surface area contributed by atoms with Gasteiger partial charge in [-0.05, 0) is 48.6 Å². The Morgan fingerprint density at radius 2 is 1.57 bits per heavy atom. The normalized spacial score (nSPS) is 12.1. The average molecular weight is 284 g/mol. The molecule has 3 nitrogen and oxygen atoms in total. The smallest absolute Gasteiger partial charge is 0.337 e. The Labute approximate surface area is 125 Å². The van der Waals surface area contributed by atoms with Crippen molar-refractivity contribution in [3.8, 4) is 0 Å². The highest BCUT2D eigenvalue weighted by Crippen LogP contribution is 2.26. The molecule has 0 fully saturated rings. The molecule has 110 valence electrons. The third-order valence-electron chi connectivity index (χ3n) is 3.70. The van der Waals surface area contributed by atoms with Crippen molar-refractivity contribution in [2.75, 3.05) is 0 Å². The highest BCUT2D eigenvalue weighted by atomic mass is 16.5. The van der Waals surface area contributed by atoms with Crippen molar-refractivity contribution in [3.63, 3.8) is 0 Å². The fourth-order valence-electron chi connectivity index (χ4n) is 2.46. The Morgan fingerprint density at radius 3 is 2.14 bits per heavy atom. The number of rotatable bonds is 5. The van der Waals surface area contributed by atoms with E-state index in [2.05, 4.69) is 0 Å². The first-order chi connectivity index (χ1) is 10.0. The van der Waals surface area contributed by atoms with Crippen LogP contribution in [0.5, 0.6) is 0 Å². The van der Waals surface area contributed by atoms with E-state index in [4.69, 9.17) is 4.74 Å². The summed E-state index contributed by atoms with van der Waals surface area (Å²) in [7, 11) is 0. The summed E-state index contributed by atoms with van der Waals surface area (Å²) >= 11 is 0. The molecule has 1 N–H and O–H groups in total. The van der Waals surface area contributed by atoms with Gasteiger partial charge in [-0.1, -0.05) is 42.5 Å². The van der Waals surface area contributed by atoms with E-state index < -0.39 is 12.1 Å². The summed E-state index contributed by atoms with van der Waals surface area (Å²) < 4.78 is 5.72. The van der Waals surface area contributed by atoms with Gasteiger partial charge in [0.2, 0.25) is 0 Å². The van der Waals surface area contributed by atoms with Crippen LogP contribution >= 0.6 is 0 Å². The molecule has 0 amide bonds. The van der Waals surface area contributed by atoms with E-state index >= 15 is 0 Å². The van der Waals surface area contributed by atoms with E-state index in [1.54, 1.807) is 0 Å². The predicted molar refractivity (Wildman–Crippen MR) is 82.3 cm³/mol. The summed E-state index contributed by atoms with van der Waals surface area (Å²) in [6.07, 6.45) is -0.939. The van der Waals surface area contributed by atoms with Gasteiger partial charge in [0.05, 0.1) is 6.61 Å². The predicted octanol–water partition coefficient (Wildman–Crippen LogP) is 3.95. The van der Waals surface area contributed by atoms with Crippen LogP contribution in [-0.4, -0.2) is 11.1 Å². The standard InChI is InChI=1S/C18H20O3/c1-12-7-4-5-10-15(12)11-21-17(18(19)20)16-13(2)8-6-9-14(16)3/h4-10,17H,11H2,1-3H3,(H,19,20). The summed E-state index contributed by atoms with van der Waals surface area (Å²) in [5.74, 6) is -0.957. The van der Waals surface area contributed by atoms with Gasteiger partial charge in [-0.2, -0.15) is 0 Å². The van der Waals surface area contributed by atoms with E-state index in [1.807, 2.05) is 63.2 Å². The summed E-state index contributed by atoms with van der Waals surface area (Å²) in [6.45, 7) is 6.11. The number of carboxylic acid groups (broad SMARTS) is 1. The van der Waals surface area contributed by atoms with Gasteiger partial charge in [-0.3, -0.25) is 0 Å². The summed E-state index contributed by atoms with van der Waals surface area (Å²) in [5.41, 5.74) is 4.73. The molecule has 1 atom stereocenters. The molecule has 0 aliphatic rings. The Hall–Kier alpha value is -2.13. The van der Waals surface area contributed by atoms with Crippen LogP contribution < -0.4 is 0 Å². The lowest BCUT2D eigenvalue weighted by molar-refractivity contribution is -0.151. The summed E-state index contributed by atoms with van der Waals surface area (Å²) in [4.78, 5) is 11.6. The van der Waals surface area contributed by atoms with Gasteiger partial charge in [0.1, 0.15) is 0 Å². The SMILES string of the molecule is Cc1ccccc1COC(C(=O)O)c1c(C)cccc1C. The van der Waals surface area contributed by atoms with Gasteiger partial charge in [-0.15, -0.1) is 0 Å². The van der Waals surface area contributed by atoms with E-state index in [9.17, 15) is 9.90 Å². The van der Waals surface area contributed by atoms with Crippen LogP contribution in [0.2, 0.25) is 0 Å². The van der Waals surface area contributed by atoms with Crippen LogP contribution in [0.25, 0.3) is 0 Å². The molecule has 0 aromatic heterocycles. The Morgan fingerprint density at radius 1 is 1.00 bits per heavy atom. The van der Waals surface area contributed by atoms with Gasteiger partial charge >= 0.3 is 5.97 Å². The molecule has 0 bridgehead atoms. The van der Waals surface area contributed by atoms with Crippen molar-refractivity contribution in [3.05, 3.63) is 70.3 Å². The number of ether oxygens (including phenoxy) is 1. The number of carbonyl (C=O) groups is 1. The molecule has 1 unspecified atom stereocenters. The second-order valence-corrected chi connectivity index (χ2v) is 5.26. The molecule has 0 saturated heterocycles. The zero-order valence-electron chi connectivity index (χ0n) is 12.6. The highest BCUT2D eigenvalue weighted by molar-refractivity contribution is 5.75. The Kier molecular flexibility index (Phi) is 4.76. The molecule has 0 saturated carbocycles. The van der Waals surface area contributed by atoms with E-state index in [0.717, 1.165) is 27.8 Å². The molecule has 2 aromatic rings. The Balaban J connectivity index is 2.25. The summed E-state index contributed by atoms with van der Waals surface area (Å²) in [5, 5.41) is 9.50. The van der Waals surface area contributed by atoms with Gasteiger partial charge in [-0.25, -0.2) is 4.79 Å². The largest absolute Gasteiger partial charge is 0.479 e. The van der Waals surface area contributed by atoms with Crippen LogP contribution in [0.4, 0.5) is 0 Å². The fraction of sp³-hybridized carbons (Fsp3) is 0.278. The van der Waals surface area contributed by atoms with Gasteiger partial charge in [0.25, 0.3) is 0 Å². The number of aliphatic carboxylic acids is 1. The minimum absolute atomic E-state index is 0.289. The molecule has 0 spiro atoms. The molecule has 2 aromatic carbocycles. The van der Waals surface area contributed by atoms with E-state index in [-0.39, 0.29) is 6.61 Å². The maximum Gasteiger partial charge on any atom is 0.337 e. The maximum atomic E-state index is 11.6. The lowest BCUT2D eigenvalue weighted by Gasteiger charge is -2.19. The number of aryl methyl sites for hydroxylation is 3. The monoisotopic (exact) mass is 284 g/mol. The highest BCUT2D eigenvalue weighted by Gasteiger charge is 2.24. The van der Waals surface area contributed by atoms with E-state index in [1.165, 1.54) is 0 Å². The summed E-state index contributed by atoms with van der Waals surface area (Å²) in [6, 6.07) is 13.6. The van der Waals surface area contributed by atoms with Gasteiger partial charge in [0.15, 0.2) is 6.10 Å². The van der Waals surface area contributed by atoms with Crippen LogP contribution in [-0.2, 0) is 16.1 Å². The molecule has 0 heterocycles. The molecular weight excluding hydrogens is 264 g/mol. The minimum atomic E-state index is -0.957. The third kappa shape index (κ3) is 3.50. The van der Waals surface area contributed by atoms with E-state index in [0.29, 0.717) is 0 Å². The Bertz CT molecular complexity index is 626. The first-order valence-corrected chi connectivity index (χ1v) is 6.95. The molecule has 0 radical (unpaired) electrons. The van der Waals surface area contributed by atoms with Crippen molar-refractivity contribution in [1.82, 2.24) is 0 Å².